The monoisotopic (exact) mass is 284 g/mol. The molecule has 0 aliphatic rings. The van der Waals surface area contributed by atoms with Crippen LogP contribution in [0.1, 0.15) is 60.3 Å². The molecule has 20 heavy (non-hydrogen) atoms. The molecule has 116 valence electrons. The minimum atomic E-state index is -0.833. The van der Waals surface area contributed by atoms with Crippen molar-refractivity contribution in [2.24, 2.45) is 0 Å². The zero-order valence-electron chi connectivity index (χ0n) is 13.4. The first kappa shape index (κ1) is 20.7. The molecule has 0 aromatic heterocycles. The molecule has 0 saturated heterocycles. The van der Waals surface area contributed by atoms with Crippen molar-refractivity contribution in [1.29, 1.82) is 0 Å². The number of allylic oxidation sites excluding steroid dienone is 3. The minimum absolute atomic E-state index is 0.101. The third kappa shape index (κ3) is 21.7. The third-order valence-electron chi connectivity index (χ3n) is 2.22. The average molecular weight is 284 g/mol. The molecule has 0 aliphatic carbocycles. The SMILES string of the molecule is CC(=O)O.CCCC(=O)OC/C=C(\C)CCC=C(C)C. The molecule has 4 nitrogen and oxygen atoms in total. The number of aliphatic carboxylic acids is 1. The lowest BCUT2D eigenvalue weighted by atomic mass is 10.1. The molecule has 0 saturated carbocycles. The number of carboxylic acids is 1. The Labute approximate surface area is 122 Å². The van der Waals surface area contributed by atoms with Crippen molar-refractivity contribution in [1.82, 2.24) is 0 Å². The molecule has 0 spiro atoms. The number of esters is 1. The van der Waals surface area contributed by atoms with Crippen LogP contribution >= 0.6 is 0 Å². The highest BCUT2D eigenvalue weighted by Crippen LogP contribution is 2.06. The van der Waals surface area contributed by atoms with E-state index >= 15 is 0 Å². The number of carbonyl (C=O) groups excluding carboxylic acids is 1. The van der Waals surface area contributed by atoms with Crippen LogP contribution in [0.2, 0.25) is 0 Å². The van der Waals surface area contributed by atoms with Crippen molar-refractivity contribution in [3.05, 3.63) is 23.3 Å². The summed E-state index contributed by atoms with van der Waals surface area (Å²) in [6.45, 7) is 9.75. The van der Waals surface area contributed by atoms with E-state index in [2.05, 4.69) is 26.8 Å². The van der Waals surface area contributed by atoms with E-state index in [1.165, 1.54) is 11.1 Å². The van der Waals surface area contributed by atoms with E-state index in [0.717, 1.165) is 26.2 Å². The van der Waals surface area contributed by atoms with Gasteiger partial charge in [-0.15, -0.1) is 0 Å². The highest BCUT2D eigenvalue weighted by atomic mass is 16.5. The fraction of sp³-hybridized carbons (Fsp3) is 0.625. The number of ether oxygens (including phenoxy) is 1. The molecule has 0 radical (unpaired) electrons. The number of carbonyl (C=O) groups is 2. The molecule has 0 rings (SSSR count). The van der Waals surface area contributed by atoms with Crippen LogP contribution in [0.15, 0.2) is 23.3 Å². The fourth-order valence-electron chi connectivity index (χ4n) is 1.24. The molecule has 0 unspecified atom stereocenters. The molecule has 0 aromatic rings. The van der Waals surface area contributed by atoms with E-state index in [9.17, 15) is 4.79 Å². The predicted molar refractivity (Wildman–Crippen MR) is 81.6 cm³/mol. The molecule has 0 aromatic carbocycles. The maximum absolute atomic E-state index is 11.1. The molecule has 1 N–H and O–H groups in total. The van der Waals surface area contributed by atoms with Gasteiger partial charge in [0.1, 0.15) is 6.61 Å². The smallest absolute Gasteiger partial charge is 0.306 e. The van der Waals surface area contributed by atoms with Gasteiger partial charge in [-0.3, -0.25) is 9.59 Å². The van der Waals surface area contributed by atoms with Crippen molar-refractivity contribution < 1.29 is 19.4 Å². The van der Waals surface area contributed by atoms with Gasteiger partial charge in [0.2, 0.25) is 0 Å². The Hall–Kier alpha value is -1.58. The van der Waals surface area contributed by atoms with Gasteiger partial charge in [-0.1, -0.05) is 24.1 Å². The van der Waals surface area contributed by atoms with Crippen molar-refractivity contribution in [3.63, 3.8) is 0 Å². The van der Waals surface area contributed by atoms with E-state index in [1.807, 2.05) is 13.0 Å². The first-order chi connectivity index (χ1) is 9.29. The van der Waals surface area contributed by atoms with Crippen LogP contribution < -0.4 is 0 Å². The lowest BCUT2D eigenvalue weighted by Gasteiger charge is -2.02. The fourth-order valence-corrected chi connectivity index (χ4v) is 1.24. The van der Waals surface area contributed by atoms with Gasteiger partial charge in [-0.25, -0.2) is 0 Å². The maximum Gasteiger partial charge on any atom is 0.306 e. The molecule has 4 heteroatoms. The molecule has 0 bridgehead atoms. The van der Waals surface area contributed by atoms with E-state index < -0.39 is 5.97 Å². The molecular formula is C16H28O4. The summed E-state index contributed by atoms with van der Waals surface area (Å²) in [5, 5.41) is 7.42. The Kier molecular flexibility index (Phi) is 14.3. The largest absolute Gasteiger partial charge is 0.481 e. The summed E-state index contributed by atoms with van der Waals surface area (Å²) in [6, 6.07) is 0. The van der Waals surface area contributed by atoms with Crippen molar-refractivity contribution in [2.75, 3.05) is 6.61 Å². The Morgan fingerprint density at radius 3 is 2.05 bits per heavy atom. The van der Waals surface area contributed by atoms with Gasteiger partial charge in [0.05, 0.1) is 0 Å². The predicted octanol–water partition coefficient (Wildman–Crippen LogP) is 4.11. The van der Waals surface area contributed by atoms with Gasteiger partial charge < -0.3 is 9.84 Å². The van der Waals surface area contributed by atoms with Gasteiger partial charge in [0.25, 0.3) is 5.97 Å². The molecule has 0 atom stereocenters. The van der Waals surface area contributed by atoms with Crippen LogP contribution in [0.25, 0.3) is 0 Å². The lowest BCUT2D eigenvalue weighted by molar-refractivity contribution is -0.142. The second kappa shape index (κ2) is 13.8. The Balaban J connectivity index is 0. The van der Waals surface area contributed by atoms with Gasteiger partial charge in [0.15, 0.2) is 0 Å². The van der Waals surface area contributed by atoms with E-state index in [1.54, 1.807) is 0 Å². The molecule has 0 fully saturated rings. The molecule has 0 amide bonds. The topological polar surface area (TPSA) is 63.6 Å². The van der Waals surface area contributed by atoms with Crippen molar-refractivity contribution in [2.45, 2.75) is 60.3 Å². The molecule has 0 aliphatic heterocycles. The van der Waals surface area contributed by atoms with Crippen LogP contribution in [0.4, 0.5) is 0 Å². The Morgan fingerprint density at radius 2 is 1.60 bits per heavy atom. The van der Waals surface area contributed by atoms with Crippen LogP contribution in [-0.4, -0.2) is 23.7 Å². The highest BCUT2D eigenvalue weighted by Gasteiger charge is 1.98. The van der Waals surface area contributed by atoms with Gasteiger partial charge >= 0.3 is 5.97 Å². The molecular weight excluding hydrogens is 256 g/mol. The first-order valence-electron chi connectivity index (χ1n) is 6.93. The average Bonchev–Trinajstić information content (AvgIpc) is 2.28. The highest BCUT2D eigenvalue weighted by molar-refractivity contribution is 5.69. The number of carboxylic acid groups (broad SMARTS) is 1. The van der Waals surface area contributed by atoms with Crippen molar-refractivity contribution >= 4 is 11.9 Å². The summed E-state index contributed by atoms with van der Waals surface area (Å²) < 4.78 is 5.05. The summed E-state index contributed by atoms with van der Waals surface area (Å²) in [5.74, 6) is -0.934. The normalized spacial score (nSPS) is 10.2. The Bertz CT molecular complexity index is 332. The summed E-state index contributed by atoms with van der Waals surface area (Å²) in [4.78, 5) is 20.1. The maximum atomic E-state index is 11.1. The van der Waals surface area contributed by atoms with Gasteiger partial charge in [0, 0.05) is 13.3 Å². The van der Waals surface area contributed by atoms with Crippen LogP contribution in [0.5, 0.6) is 0 Å². The first-order valence-corrected chi connectivity index (χ1v) is 6.93. The summed E-state index contributed by atoms with van der Waals surface area (Å²) in [6.07, 6.45) is 7.68. The van der Waals surface area contributed by atoms with E-state index in [4.69, 9.17) is 14.6 Å². The minimum Gasteiger partial charge on any atom is -0.481 e. The number of hydrogen-bond acceptors (Lipinski definition) is 3. The summed E-state index contributed by atoms with van der Waals surface area (Å²) in [7, 11) is 0. The quantitative estimate of drug-likeness (QED) is 0.564. The molecule has 0 heterocycles. The summed E-state index contributed by atoms with van der Waals surface area (Å²) >= 11 is 0. The number of hydrogen-bond donors (Lipinski definition) is 1. The van der Waals surface area contributed by atoms with E-state index in [-0.39, 0.29) is 5.97 Å². The van der Waals surface area contributed by atoms with E-state index in [0.29, 0.717) is 13.0 Å². The van der Waals surface area contributed by atoms with Crippen molar-refractivity contribution in [3.8, 4) is 0 Å². The zero-order valence-corrected chi connectivity index (χ0v) is 13.4. The van der Waals surface area contributed by atoms with Gasteiger partial charge in [-0.05, 0) is 46.1 Å². The second-order valence-electron chi connectivity index (χ2n) is 4.82. The van der Waals surface area contributed by atoms with Crippen LogP contribution in [0.3, 0.4) is 0 Å². The third-order valence-corrected chi connectivity index (χ3v) is 2.22. The zero-order chi connectivity index (χ0) is 16.0. The van der Waals surface area contributed by atoms with Crippen LogP contribution in [0, 0.1) is 0 Å². The Morgan fingerprint density at radius 1 is 1.05 bits per heavy atom. The second-order valence-corrected chi connectivity index (χ2v) is 4.82. The summed E-state index contributed by atoms with van der Waals surface area (Å²) in [5.41, 5.74) is 2.63. The number of rotatable bonds is 7. The lowest BCUT2D eigenvalue weighted by Crippen LogP contribution is -2.03. The standard InChI is InChI=1S/C14H24O2.C2H4O2/c1-5-7-14(15)16-11-10-13(4)9-6-8-12(2)3;1-2(3)4/h8,10H,5-7,9,11H2,1-4H3;1H3,(H,3,4)/b13-10+;. The van der Waals surface area contributed by atoms with Gasteiger partial charge in [-0.2, -0.15) is 0 Å². The van der Waals surface area contributed by atoms with Crippen LogP contribution in [-0.2, 0) is 14.3 Å².